The first-order valence-corrected chi connectivity index (χ1v) is 10.8. The molecule has 0 unspecified atom stereocenters. The number of nitrogens with one attached hydrogen (secondary N) is 1. The summed E-state index contributed by atoms with van der Waals surface area (Å²) in [6.45, 7) is 0.652. The van der Waals surface area contributed by atoms with Gasteiger partial charge in [0.2, 0.25) is 5.91 Å². The number of aromatic carboxylic acids is 1. The number of carboxylic acids is 1. The average Bonchev–Trinajstić information content (AvgIpc) is 3.55. The molecule has 1 aliphatic carbocycles. The molecule has 1 amide bonds. The van der Waals surface area contributed by atoms with Crippen LogP contribution in [-0.2, 0) is 23.1 Å². The first-order chi connectivity index (χ1) is 15.6. The number of benzene rings is 2. The minimum absolute atomic E-state index is 0. The van der Waals surface area contributed by atoms with Crippen LogP contribution in [0.5, 0.6) is 0 Å². The van der Waals surface area contributed by atoms with E-state index in [2.05, 4.69) is 5.32 Å². The third kappa shape index (κ3) is 5.65. The second-order valence-electron chi connectivity index (χ2n) is 8.73. The summed E-state index contributed by atoms with van der Waals surface area (Å²) in [7, 11) is 0. The topological polar surface area (TPSA) is 72.5 Å². The third-order valence-corrected chi connectivity index (χ3v) is 6.42. The van der Waals surface area contributed by atoms with Gasteiger partial charge < -0.3 is 15.2 Å². The van der Waals surface area contributed by atoms with Gasteiger partial charge in [-0.1, -0.05) is 36.8 Å². The van der Waals surface area contributed by atoms with Crippen molar-refractivity contribution < 1.29 is 51.1 Å². The first-order valence-electron chi connectivity index (χ1n) is 10.8. The van der Waals surface area contributed by atoms with Crippen LogP contribution in [0.3, 0.4) is 0 Å². The van der Waals surface area contributed by atoms with Crippen molar-refractivity contribution in [2.75, 3.05) is 6.54 Å². The largest absolute Gasteiger partial charge is 1.00 e. The molecular weight excluding hydrogens is 447 g/mol. The van der Waals surface area contributed by atoms with Crippen molar-refractivity contribution in [1.82, 2.24) is 10.2 Å². The van der Waals surface area contributed by atoms with Crippen LogP contribution in [-0.4, -0.2) is 29.4 Å². The van der Waals surface area contributed by atoms with E-state index in [1.165, 1.54) is 18.2 Å². The Bertz CT molecular complexity index is 1060. The summed E-state index contributed by atoms with van der Waals surface area (Å²) >= 11 is 0. The van der Waals surface area contributed by atoms with Crippen LogP contribution in [0, 0.1) is 5.82 Å². The van der Waals surface area contributed by atoms with Crippen molar-refractivity contribution in [3.63, 3.8) is 0 Å². The number of rotatable bonds is 6. The second kappa shape index (κ2) is 10.1. The van der Waals surface area contributed by atoms with Crippen LogP contribution >= 0.6 is 0 Å². The zero-order chi connectivity index (χ0) is 23.8. The molecule has 10 heteroatoms. The van der Waals surface area contributed by atoms with Gasteiger partial charge in [0.05, 0.1) is 23.1 Å². The monoisotopic (exact) mass is 470 g/mol. The minimum atomic E-state index is -4.79. The molecule has 1 N–H and O–H groups in total. The van der Waals surface area contributed by atoms with Crippen molar-refractivity contribution in [2.45, 2.75) is 56.4 Å². The molecule has 4 rings (SSSR count). The maximum absolute atomic E-state index is 13.6. The summed E-state index contributed by atoms with van der Waals surface area (Å²) in [5, 5.41) is 14.1. The Labute approximate surface area is 206 Å². The Morgan fingerprint density at radius 3 is 2.35 bits per heavy atom. The van der Waals surface area contributed by atoms with E-state index in [1.807, 2.05) is 4.90 Å². The molecule has 5 nitrogen and oxygen atoms in total. The molecule has 0 bridgehead atoms. The van der Waals surface area contributed by atoms with Crippen molar-refractivity contribution in [2.24, 2.45) is 0 Å². The predicted octanol–water partition coefficient (Wildman–Crippen LogP) is 0.372. The molecule has 1 saturated carbocycles. The number of carbonyl (C=O) groups is 2. The van der Waals surface area contributed by atoms with Gasteiger partial charge in [0.15, 0.2) is 0 Å². The van der Waals surface area contributed by atoms with E-state index in [-0.39, 0.29) is 36.9 Å². The normalized spacial score (nSPS) is 19.7. The van der Waals surface area contributed by atoms with Gasteiger partial charge in [-0.05, 0) is 61.1 Å². The quantitative estimate of drug-likeness (QED) is 0.490. The van der Waals surface area contributed by atoms with E-state index >= 15 is 0 Å². The molecule has 2 aromatic carbocycles. The zero-order valence-corrected chi connectivity index (χ0v) is 18.8. The number of likely N-dealkylation sites (tertiary alicyclic amines) is 1. The molecule has 0 spiro atoms. The Balaban J connectivity index is 0.00000324. The van der Waals surface area contributed by atoms with Crippen molar-refractivity contribution in [1.29, 1.82) is 0 Å². The van der Waals surface area contributed by atoms with E-state index < -0.39 is 35.1 Å². The van der Waals surface area contributed by atoms with Crippen molar-refractivity contribution in [3.8, 4) is 0 Å². The van der Waals surface area contributed by atoms with Gasteiger partial charge in [-0.2, -0.15) is 13.2 Å². The summed E-state index contributed by atoms with van der Waals surface area (Å²) in [6.07, 6.45) is -1.17. The number of piperidine rings is 1. The van der Waals surface area contributed by atoms with Crippen LogP contribution in [0.1, 0.15) is 59.2 Å². The molecule has 176 valence electrons. The van der Waals surface area contributed by atoms with Crippen LogP contribution in [0.15, 0.2) is 42.5 Å². The molecule has 0 radical (unpaired) electrons. The molecule has 2 aliphatic rings. The van der Waals surface area contributed by atoms with Gasteiger partial charge in [-0.15, -0.1) is 0 Å². The van der Waals surface area contributed by atoms with E-state index in [9.17, 15) is 32.3 Å². The van der Waals surface area contributed by atoms with Crippen LogP contribution in [0.25, 0.3) is 0 Å². The van der Waals surface area contributed by atoms with E-state index in [4.69, 9.17) is 0 Å². The van der Waals surface area contributed by atoms with E-state index in [0.717, 1.165) is 30.5 Å². The number of halogens is 4. The summed E-state index contributed by atoms with van der Waals surface area (Å²) in [4.78, 5) is 26.0. The summed E-state index contributed by atoms with van der Waals surface area (Å²) in [5.74, 6) is -2.81. The molecule has 0 aromatic heterocycles. The standard InChI is InChI=1S/C24H24F4N2O3.Li/c25-19-9-4-15(13-18(19)24(26,27)28)14-30-12-2-1-3-20(30)21(31)29-23(10-11-23)17-7-5-16(6-8-17)22(32)33;/h4-9,13,20H,1-3,10-12,14H2,(H,29,31)(H,32,33);/q;+1/p-1/t20-;/m1./s1. The number of nitrogens with zero attached hydrogens (tertiary/aromatic N) is 1. The van der Waals surface area contributed by atoms with Gasteiger partial charge >= 0.3 is 25.0 Å². The van der Waals surface area contributed by atoms with Crippen LogP contribution < -0.4 is 29.3 Å². The van der Waals surface area contributed by atoms with Gasteiger partial charge in [0.25, 0.3) is 0 Å². The summed E-state index contributed by atoms with van der Waals surface area (Å²) in [6, 6.07) is 8.62. The number of hydrogen-bond donors (Lipinski definition) is 1. The Hall–Kier alpha value is -2.34. The van der Waals surface area contributed by atoms with Crippen molar-refractivity contribution >= 4 is 11.9 Å². The number of alkyl halides is 3. The third-order valence-electron chi connectivity index (χ3n) is 6.42. The number of carboxylic acid groups (broad SMARTS) is 1. The summed E-state index contributed by atoms with van der Waals surface area (Å²) < 4.78 is 52.9. The Kier molecular flexibility index (Phi) is 7.81. The van der Waals surface area contributed by atoms with Gasteiger partial charge in [0, 0.05) is 6.54 Å². The van der Waals surface area contributed by atoms with Gasteiger partial charge in [0.1, 0.15) is 5.82 Å². The van der Waals surface area contributed by atoms with Crippen LogP contribution in [0.4, 0.5) is 17.6 Å². The first kappa shape index (κ1) is 26.3. The smallest absolute Gasteiger partial charge is 0.545 e. The number of hydrogen-bond acceptors (Lipinski definition) is 4. The molecule has 1 aliphatic heterocycles. The fourth-order valence-electron chi connectivity index (χ4n) is 4.46. The Morgan fingerprint density at radius 2 is 1.76 bits per heavy atom. The summed E-state index contributed by atoms with van der Waals surface area (Å²) in [5.41, 5.74) is -0.727. The maximum Gasteiger partial charge on any atom is 1.00 e. The zero-order valence-electron chi connectivity index (χ0n) is 18.8. The molecule has 2 aromatic rings. The predicted molar refractivity (Wildman–Crippen MR) is 109 cm³/mol. The number of carbonyl (C=O) groups excluding carboxylic acids is 2. The van der Waals surface area contributed by atoms with Gasteiger partial charge in [-0.25, -0.2) is 4.39 Å². The average molecular weight is 470 g/mol. The molecule has 34 heavy (non-hydrogen) atoms. The minimum Gasteiger partial charge on any atom is -0.545 e. The molecule has 2 fully saturated rings. The van der Waals surface area contributed by atoms with E-state index in [1.54, 1.807) is 12.1 Å². The molecule has 1 saturated heterocycles. The fourth-order valence-corrected chi connectivity index (χ4v) is 4.46. The van der Waals surface area contributed by atoms with E-state index in [0.29, 0.717) is 31.4 Å². The SMILES string of the molecule is O=C([O-])c1ccc(C2(NC(=O)[C@H]3CCCCN3Cc3ccc(F)c(C(F)(F)F)c3)CC2)cc1.[Li+]. The van der Waals surface area contributed by atoms with Crippen LogP contribution in [0.2, 0.25) is 0 Å². The molecular formula is C24H23F4LiN2O3. The fraction of sp³-hybridized carbons (Fsp3) is 0.417. The Morgan fingerprint density at radius 1 is 1.09 bits per heavy atom. The number of amides is 1. The van der Waals surface area contributed by atoms with Gasteiger partial charge in [-0.3, -0.25) is 9.69 Å². The second-order valence-corrected chi connectivity index (χ2v) is 8.73. The maximum atomic E-state index is 13.6. The molecule has 1 atom stereocenters. The van der Waals surface area contributed by atoms with Crippen molar-refractivity contribution in [3.05, 3.63) is 70.5 Å². The molecule has 1 heterocycles.